The second kappa shape index (κ2) is 5.19. The maximum atomic E-state index is 12.1. The van der Waals surface area contributed by atoms with E-state index in [1.54, 1.807) is 12.3 Å². The van der Waals surface area contributed by atoms with Crippen LogP contribution in [0.1, 0.15) is 19.5 Å². The van der Waals surface area contributed by atoms with Gasteiger partial charge in [-0.3, -0.25) is 14.1 Å². The molecule has 1 saturated heterocycles. The van der Waals surface area contributed by atoms with Crippen molar-refractivity contribution in [1.29, 1.82) is 0 Å². The number of aromatic nitrogens is 2. The monoisotopic (exact) mass is 351 g/mol. The average Bonchev–Trinajstić information content (AvgIpc) is 2.37. The van der Waals surface area contributed by atoms with E-state index in [2.05, 4.69) is 25.8 Å². The van der Waals surface area contributed by atoms with Crippen LogP contribution in [0.5, 0.6) is 0 Å². The molecule has 0 amide bonds. The fourth-order valence-corrected chi connectivity index (χ4v) is 2.98. The molecule has 2 aromatic heterocycles. The first kappa shape index (κ1) is 14.7. The van der Waals surface area contributed by atoms with Crippen molar-refractivity contribution in [3.63, 3.8) is 0 Å². The first-order chi connectivity index (χ1) is 9.87. The van der Waals surface area contributed by atoms with Crippen LogP contribution in [0.3, 0.4) is 0 Å². The summed E-state index contributed by atoms with van der Waals surface area (Å²) in [6.45, 7) is 5.90. The van der Waals surface area contributed by atoms with E-state index in [-0.39, 0.29) is 11.5 Å². The maximum absolute atomic E-state index is 12.1. The zero-order valence-electron chi connectivity index (χ0n) is 12.1. The second-order valence-electron chi connectivity index (χ2n) is 6.06. The summed E-state index contributed by atoms with van der Waals surface area (Å²) in [5.74, 6) is 0.237. The van der Waals surface area contributed by atoms with Crippen LogP contribution in [0.25, 0.3) is 5.65 Å². The van der Waals surface area contributed by atoms with E-state index in [1.807, 2.05) is 26.0 Å². The Balaban J connectivity index is 1.80. The van der Waals surface area contributed by atoms with E-state index < -0.39 is 5.60 Å². The Morgan fingerprint density at radius 2 is 2.14 bits per heavy atom. The Bertz CT molecular complexity index is 735. The summed E-state index contributed by atoms with van der Waals surface area (Å²) in [5.41, 5.74) is 0.695. The van der Waals surface area contributed by atoms with Crippen LogP contribution in [0.15, 0.2) is 33.7 Å². The highest BCUT2D eigenvalue weighted by atomic mass is 79.9. The Morgan fingerprint density at radius 1 is 1.43 bits per heavy atom. The minimum atomic E-state index is -0.600. The molecule has 0 saturated carbocycles. The molecular formula is C15H18BrN3O2. The van der Waals surface area contributed by atoms with Crippen molar-refractivity contribution >= 4 is 21.6 Å². The molecule has 112 valence electrons. The van der Waals surface area contributed by atoms with Gasteiger partial charge in [-0.2, -0.15) is 0 Å². The van der Waals surface area contributed by atoms with Gasteiger partial charge in [0.15, 0.2) is 0 Å². The van der Waals surface area contributed by atoms with Crippen LogP contribution in [0.4, 0.5) is 0 Å². The molecule has 5 nitrogen and oxygen atoms in total. The largest absolute Gasteiger partial charge is 0.387 e. The first-order valence-corrected chi connectivity index (χ1v) is 7.79. The number of halogens is 1. The molecule has 1 N–H and O–H groups in total. The molecule has 0 atom stereocenters. The lowest BCUT2D eigenvalue weighted by atomic mass is 9.83. The van der Waals surface area contributed by atoms with Gasteiger partial charge in [-0.25, -0.2) is 4.98 Å². The normalized spacial score (nSPS) is 18.1. The van der Waals surface area contributed by atoms with Crippen molar-refractivity contribution in [2.75, 3.05) is 13.1 Å². The Morgan fingerprint density at radius 3 is 2.81 bits per heavy atom. The number of hydrogen-bond acceptors (Lipinski definition) is 4. The highest BCUT2D eigenvalue weighted by molar-refractivity contribution is 9.10. The minimum absolute atomic E-state index is 0.0871. The molecule has 6 heteroatoms. The third-order valence-corrected chi connectivity index (χ3v) is 4.60. The van der Waals surface area contributed by atoms with E-state index in [4.69, 9.17) is 0 Å². The SMILES string of the molecule is CC(C)C1(O)CN(Cc2cc(=O)n3cc(Br)ccc3n2)C1. The summed E-state index contributed by atoms with van der Waals surface area (Å²) in [6, 6.07) is 5.24. The lowest BCUT2D eigenvalue weighted by Gasteiger charge is -2.49. The summed E-state index contributed by atoms with van der Waals surface area (Å²) in [4.78, 5) is 18.7. The van der Waals surface area contributed by atoms with E-state index in [1.165, 1.54) is 4.40 Å². The molecular weight excluding hydrogens is 334 g/mol. The Kier molecular flexibility index (Phi) is 3.63. The van der Waals surface area contributed by atoms with Gasteiger partial charge in [-0.05, 0) is 34.0 Å². The predicted octanol–water partition coefficient (Wildman–Crippen LogP) is 1.66. The number of pyridine rings is 1. The highest BCUT2D eigenvalue weighted by Gasteiger charge is 2.43. The maximum Gasteiger partial charge on any atom is 0.258 e. The molecule has 0 bridgehead atoms. The van der Waals surface area contributed by atoms with Crippen molar-refractivity contribution in [3.05, 3.63) is 44.9 Å². The standard InChI is InChI=1S/C15H18BrN3O2/c1-10(2)15(21)8-18(9-15)7-12-5-14(20)19-6-11(16)3-4-13(19)17-12/h3-6,10,21H,7-9H2,1-2H3. The van der Waals surface area contributed by atoms with E-state index in [0.29, 0.717) is 25.3 Å². The summed E-state index contributed by atoms with van der Waals surface area (Å²) in [5, 5.41) is 10.3. The number of nitrogens with zero attached hydrogens (tertiary/aromatic N) is 3. The van der Waals surface area contributed by atoms with Gasteiger partial charge in [-0.15, -0.1) is 0 Å². The smallest absolute Gasteiger partial charge is 0.258 e. The van der Waals surface area contributed by atoms with Crippen molar-refractivity contribution in [2.45, 2.75) is 26.0 Å². The molecule has 0 aromatic carbocycles. The van der Waals surface area contributed by atoms with Crippen LogP contribution in [0, 0.1) is 5.92 Å². The third-order valence-electron chi connectivity index (χ3n) is 4.13. The molecule has 3 rings (SSSR count). The van der Waals surface area contributed by atoms with Crippen LogP contribution >= 0.6 is 15.9 Å². The molecule has 1 fully saturated rings. The minimum Gasteiger partial charge on any atom is -0.387 e. The quantitative estimate of drug-likeness (QED) is 0.913. The van der Waals surface area contributed by atoms with Gasteiger partial charge in [0.1, 0.15) is 5.65 Å². The fourth-order valence-electron chi connectivity index (χ4n) is 2.64. The summed E-state index contributed by atoms with van der Waals surface area (Å²) >= 11 is 3.35. The fraction of sp³-hybridized carbons (Fsp3) is 0.467. The Labute approximate surface area is 131 Å². The Hall–Kier alpha value is -1.24. The molecule has 2 aromatic rings. The van der Waals surface area contributed by atoms with Gasteiger partial charge in [0.25, 0.3) is 5.56 Å². The predicted molar refractivity (Wildman–Crippen MR) is 84.2 cm³/mol. The van der Waals surface area contributed by atoms with Gasteiger partial charge in [0.2, 0.25) is 0 Å². The van der Waals surface area contributed by atoms with Crippen molar-refractivity contribution in [3.8, 4) is 0 Å². The zero-order chi connectivity index (χ0) is 15.2. The van der Waals surface area contributed by atoms with Crippen LogP contribution in [0.2, 0.25) is 0 Å². The summed E-state index contributed by atoms with van der Waals surface area (Å²) in [7, 11) is 0. The first-order valence-electron chi connectivity index (χ1n) is 7.00. The van der Waals surface area contributed by atoms with Crippen LogP contribution in [-0.2, 0) is 6.54 Å². The van der Waals surface area contributed by atoms with Gasteiger partial charge in [0.05, 0.1) is 11.3 Å². The lowest BCUT2D eigenvalue weighted by Crippen LogP contribution is -2.63. The molecule has 1 aliphatic heterocycles. The number of fused-ring (bicyclic) bond motifs is 1. The van der Waals surface area contributed by atoms with Crippen molar-refractivity contribution in [2.24, 2.45) is 5.92 Å². The number of hydrogen-bond donors (Lipinski definition) is 1. The van der Waals surface area contributed by atoms with Gasteiger partial charge in [0, 0.05) is 36.4 Å². The second-order valence-corrected chi connectivity index (χ2v) is 6.98. The summed E-state index contributed by atoms with van der Waals surface area (Å²) < 4.78 is 2.37. The van der Waals surface area contributed by atoms with Gasteiger partial charge >= 0.3 is 0 Å². The molecule has 0 spiro atoms. The number of rotatable bonds is 3. The van der Waals surface area contributed by atoms with Crippen molar-refractivity contribution < 1.29 is 5.11 Å². The molecule has 3 heterocycles. The third kappa shape index (κ3) is 2.75. The zero-order valence-corrected chi connectivity index (χ0v) is 13.7. The van der Waals surface area contributed by atoms with Gasteiger partial charge in [-0.1, -0.05) is 13.8 Å². The lowest BCUT2D eigenvalue weighted by molar-refractivity contribution is -0.131. The topological polar surface area (TPSA) is 57.8 Å². The van der Waals surface area contributed by atoms with E-state index >= 15 is 0 Å². The molecule has 0 aliphatic carbocycles. The molecule has 0 unspecified atom stereocenters. The molecule has 1 aliphatic rings. The molecule has 0 radical (unpaired) electrons. The van der Waals surface area contributed by atoms with Gasteiger partial charge < -0.3 is 5.11 Å². The van der Waals surface area contributed by atoms with Crippen LogP contribution in [-0.4, -0.2) is 38.1 Å². The highest BCUT2D eigenvalue weighted by Crippen LogP contribution is 2.29. The van der Waals surface area contributed by atoms with Crippen LogP contribution < -0.4 is 5.56 Å². The number of likely N-dealkylation sites (tertiary alicyclic amines) is 1. The van der Waals surface area contributed by atoms with E-state index in [0.717, 1.165) is 10.2 Å². The van der Waals surface area contributed by atoms with E-state index in [9.17, 15) is 9.90 Å². The molecule has 21 heavy (non-hydrogen) atoms. The number of aliphatic hydroxyl groups is 1. The summed E-state index contributed by atoms with van der Waals surface area (Å²) in [6.07, 6.45) is 1.72. The number of β-amino-alcohol motifs (C(OH)–C–C–N with tert-alkyl or cyclic N) is 1. The average molecular weight is 352 g/mol. The van der Waals surface area contributed by atoms with Crippen molar-refractivity contribution in [1.82, 2.24) is 14.3 Å².